The number of carbonyl (C=O) groups is 3. The van der Waals surface area contributed by atoms with Gasteiger partial charge in [0.25, 0.3) is 0 Å². The Labute approximate surface area is 221 Å². The lowest BCUT2D eigenvalue weighted by atomic mass is 9.70. The first-order valence-electron chi connectivity index (χ1n) is 13.2. The van der Waals surface area contributed by atoms with Gasteiger partial charge >= 0.3 is 5.97 Å². The molecule has 3 aliphatic rings. The van der Waals surface area contributed by atoms with Crippen molar-refractivity contribution in [3.63, 3.8) is 0 Å². The quantitative estimate of drug-likeness (QED) is 0.446. The second kappa shape index (κ2) is 9.93. The maximum Gasteiger partial charge on any atom is 0.323 e. The Kier molecular flexibility index (Phi) is 6.32. The largest absolute Gasteiger partial charge is 0.489 e. The zero-order chi connectivity index (χ0) is 26.2. The Balaban J connectivity index is 1.46. The third-order valence-electron chi connectivity index (χ3n) is 7.87. The summed E-state index contributed by atoms with van der Waals surface area (Å²) in [5.41, 5.74) is 4.47. The van der Waals surface area contributed by atoms with E-state index in [0.29, 0.717) is 62.0 Å². The van der Waals surface area contributed by atoms with E-state index in [4.69, 9.17) is 4.74 Å². The Hall–Kier alpha value is -4.19. The molecule has 0 spiro atoms. The lowest BCUT2D eigenvalue weighted by Gasteiger charge is -2.43. The number of carboxylic acids is 1. The van der Waals surface area contributed by atoms with Crippen LogP contribution in [-0.2, 0) is 21.0 Å². The molecule has 0 amide bonds. The number of carboxylic acid groups (broad SMARTS) is 1. The third kappa shape index (κ3) is 4.20. The van der Waals surface area contributed by atoms with E-state index in [9.17, 15) is 19.5 Å². The molecular weight excluding hydrogens is 478 g/mol. The standard InChI is InChI=1S/C32H29NO5/c34-26-15-6-13-24-31(26)30(32-25(14-7-16-27(32)35)33(24)18-29(36)37)23-12-3-4-17-28(23)38-19-21-10-5-9-20-8-1-2-11-22(20)21/h1-5,8-12,17,30H,6-7,13-16,18-19H2,(H,36,37). The molecule has 0 saturated heterocycles. The van der Waals surface area contributed by atoms with E-state index in [2.05, 4.69) is 18.2 Å². The summed E-state index contributed by atoms with van der Waals surface area (Å²) in [6.45, 7) is 0.0973. The number of aliphatic carboxylic acids is 1. The molecule has 1 heterocycles. The van der Waals surface area contributed by atoms with Gasteiger partial charge in [0.15, 0.2) is 11.6 Å². The van der Waals surface area contributed by atoms with Crippen LogP contribution >= 0.6 is 0 Å². The van der Waals surface area contributed by atoms with Gasteiger partial charge in [-0.25, -0.2) is 0 Å². The molecule has 3 aromatic rings. The molecule has 0 saturated carbocycles. The van der Waals surface area contributed by atoms with Gasteiger partial charge in [-0.15, -0.1) is 0 Å². The van der Waals surface area contributed by atoms with Crippen LogP contribution in [0, 0.1) is 0 Å². The first kappa shape index (κ1) is 24.2. The summed E-state index contributed by atoms with van der Waals surface area (Å²) in [7, 11) is 0. The highest BCUT2D eigenvalue weighted by Gasteiger charge is 2.44. The zero-order valence-corrected chi connectivity index (χ0v) is 21.1. The van der Waals surface area contributed by atoms with Crippen molar-refractivity contribution >= 4 is 28.3 Å². The van der Waals surface area contributed by atoms with E-state index in [1.807, 2.05) is 48.5 Å². The smallest absolute Gasteiger partial charge is 0.323 e. The van der Waals surface area contributed by atoms with Crippen LogP contribution in [0.15, 0.2) is 89.3 Å². The van der Waals surface area contributed by atoms with Crippen LogP contribution in [0.25, 0.3) is 10.8 Å². The predicted molar refractivity (Wildman–Crippen MR) is 144 cm³/mol. The molecule has 3 aromatic carbocycles. The fourth-order valence-corrected chi connectivity index (χ4v) is 6.28. The van der Waals surface area contributed by atoms with Crippen molar-refractivity contribution in [3.8, 4) is 5.75 Å². The second-order valence-corrected chi connectivity index (χ2v) is 10.2. The highest BCUT2D eigenvalue weighted by atomic mass is 16.5. The van der Waals surface area contributed by atoms with Crippen molar-refractivity contribution in [1.82, 2.24) is 4.90 Å². The number of fused-ring (bicyclic) bond motifs is 1. The maximum absolute atomic E-state index is 13.5. The average molecular weight is 508 g/mol. The number of hydrogen-bond donors (Lipinski definition) is 1. The molecule has 0 bridgehead atoms. The molecular formula is C32H29NO5. The van der Waals surface area contributed by atoms with Crippen molar-refractivity contribution in [2.75, 3.05) is 6.54 Å². The minimum absolute atomic E-state index is 0.0135. The van der Waals surface area contributed by atoms with Crippen molar-refractivity contribution in [3.05, 3.63) is 100 Å². The highest BCUT2D eigenvalue weighted by molar-refractivity contribution is 6.06. The molecule has 6 nitrogen and oxygen atoms in total. The van der Waals surface area contributed by atoms with Gasteiger partial charge in [-0.1, -0.05) is 60.7 Å². The highest BCUT2D eigenvalue weighted by Crippen LogP contribution is 2.50. The van der Waals surface area contributed by atoms with Crippen LogP contribution in [0.3, 0.4) is 0 Å². The monoisotopic (exact) mass is 507 g/mol. The molecule has 6 rings (SSSR count). The summed E-state index contributed by atoms with van der Waals surface area (Å²) >= 11 is 0. The molecule has 0 radical (unpaired) electrons. The normalized spacial score (nSPS) is 18.1. The van der Waals surface area contributed by atoms with Crippen molar-refractivity contribution in [2.24, 2.45) is 0 Å². The summed E-state index contributed by atoms with van der Waals surface area (Å²) in [6, 6.07) is 21.9. The van der Waals surface area contributed by atoms with Crippen LogP contribution in [0.4, 0.5) is 0 Å². The topological polar surface area (TPSA) is 83.9 Å². The Morgan fingerprint density at radius 2 is 1.45 bits per heavy atom. The summed E-state index contributed by atoms with van der Waals surface area (Å²) < 4.78 is 6.43. The molecule has 38 heavy (non-hydrogen) atoms. The molecule has 0 aromatic heterocycles. The zero-order valence-electron chi connectivity index (χ0n) is 21.1. The van der Waals surface area contributed by atoms with E-state index < -0.39 is 11.9 Å². The Bertz CT molecular complexity index is 1480. The van der Waals surface area contributed by atoms with Gasteiger partial charge < -0.3 is 14.7 Å². The Morgan fingerprint density at radius 3 is 2.16 bits per heavy atom. The van der Waals surface area contributed by atoms with E-state index in [1.54, 1.807) is 4.90 Å². The van der Waals surface area contributed by atoms with Crippen LogP contribution in [0.5, 0.6) is 5.75 Å². The van der Waals surface area contributed by atoms with E-state index in [-0.39, 0.29) is 18.1 Å². The van der Waals surface area contributed by atoms with Crippen LogP contribution < -0.4 is 4.74 Å². The average Bonchev–Trinajstić information content (AvgIpc) is 2.92. The molecule has 0 atom stereocenters. The number of para-hydroxylation sites is 1. The first-order valence-corrected chi connectivity index (χ1v) is 13.2. The first-order chi connectivity index (χ1) is 18.5. The van der Waals surface area contributed by atoms with Gasteiger partial charge in [-0.3, -0.25) is 14.4 Å². The number of ether oxygens (including phenoxy) is 1. The molecule has 192 valence electrons. The van der Waals surface area contributed by atoms with Gasteiger partial charge in [-0.2, -0.15) is 0 Å². The van der Waals surface area contributed by atoms with Crippen LogP contribution in [-0.4, -0.2) is 34.1 Å². The lowest BCUT2D eigenvalue weighted by Crippen LogP contribution is -2.41. The number of hydrogen-bond acceptors (Lipinski definition) is 5. The molecule has 0 fully saturated rings. The number of rotatable bonds is 6. The van der Waals surface area contributed by atoms with Gasteiger partial charge in [0.2, 0.25) is 0 Å². The summed E-state index contributed by atoms with van der Waals surface area (Å²) in [6.07, 6.45) is 3.38. The van der Waals surface area contributed by atoms with E-state index in [1.165, 1.54) is 0 Å². The molecule has 0 unspecified atom stereocenters. The fourth-order valence-electron chi connectivity index (χ4n) is 6.28. The maximum atomic E-state index is 13.5. The van der Waals surface area contributed by atoms with Crippen LogP contribution in [0.2, 0.25) is 0 Å². The second-order valence-electron chi connectivity index (χ2n) is 10.2. The molecule has 6 heteroatoms. The van der Waals surface area contributed by atoms with Crippen molar-refractivity contribution < 1.29 is 24.2 Å². The Morgan fingerprint density at radius 1 is 0.816 bits per heavy atom. The number of benzene rings is 3. The summed E-state index contributed by atoms with van der Waals surface area (Å²) in [5, 5.41) is 11.9. The number of allylic oxidation sites excluding steroid dienone is 4. The fraction of sp³-hybridized carbons (Fsp3) is 0.281. The number of Topliss-reactive ketones (excluding diaryl/α,β-unsaturated/α-hetero) is 2. The van der Waals surface area contributed by atoms with Gasteiger partial charge in [0.1, 0.15) is 18.9 Å². The van der Waals surface area contributed by atoms with E-state index >= 15 is 0 Å². The molecule has 2 aliphatic carbocycles. The number of ketones is 2. The minimum atomic E-state index is -0.975. The molecule has 1 aliphatic heterocycles. The third-order valence-corrected chi connectivity index (χ3v) is 7.87. The van der Waals surface area contributed by atoms with E-state index in [0.717, 1.165) is 33.3 Å². The molecule has 1 N–H and O–H groups in total. The predicted octanol–water partition coefficient (Wildman–Crippen LogP) is 5.92. The van der Waals surface area contributed by atoms with Gasteiger partial charge in [0, 0.05) is 46.9 Å². The minimum Gasteiger partial charge on any atom is -0.489 e. The SMILES string of the molecule is O=C(O)CN1C2=C(C(=O)CCC2)C(c2ccccc2OCc2cccc3ccccc23)C2=C1CCCC2=O. The number of carbonyl (C=O) groups excluding carboxylic acids is 2. The van der Waals surface area contributed by atoms with Gasteiger partial charge in [-0.05, 0) is 48.1 Å². The van der Waals surface area contributed by atoms with Crippen molar-refractivity contribution in [2.45, 2.75) is 51.0 Å². The summed E-state index contributed by atoms with van der Waals surface area (Å²) in [5.74, 6) is -0.917. The lowest BCUT2D eigenvalue weighted by molar-refractivity contribution is -0.138. The summed E-state index contributed by atoms with van der Waals surface area (Å²) in [4.78, 5) is 40.5. The number of nitrogens with zero attached hydrogens (tertiary/aromatic N) is 1. The van der Waals surface area contributed by atoms with Gasteiger partial charge in [0.05, 0.1) is 0 Å². The van der Waals surface area contributed by atoms with Crippen LogP contribution in [0.1, 0.15) is 55.6 Å². The van der Waals surface area contributed by atoms with Crippen molar-refractivity contribution in [1.29, 1.82) is 0 Å².